The highest BCUT2D eigenvalue weighted by Crippen LogP contribution is 2.31. The first-order chi connectivity index (χ1) is 13.5. The summed E-state index contributed by atoms with van der Waals surface area (Å²) in [6.45, 7) is 4.08. The molecule has 0 saturated carbocycles. The van der Waals surface area contributed by atoms with E-state index in [1.54, 1.807) is 13.1 Å². The van der Waals surface area contributed by atoms with Crippen molar-refractivity contribution < 1.29 is 9.53 Å². The van der Waals surface area contributed by atoms with Crippen LogP contribution in [0.2, 0.25) is 0 Å². The highest BCUT2D eigenvalue weighted by molar-refractivity contribution is 7.80. The largest absolute Gasteiger partial charge is 0.462 e. The van der Waals surface area contributed by atoms with Gasteiger partial charge in [-0.15, -0.1) is 11.3 Å². The zero-order valence-electron chi connectivity index (χ0n) is 15.7. The lowest BCUT2D eigenvalue weighted by Gasteiger charge is -2.10. The summed E-state index contributed by atoms with van der Waals surface area (Å²) in [6.07, 6.45) is 2.50. The van der Waals surface area contributed by atoms with E-state index in [0.29, 0.717) is 28.1 Å². The molecular formula is C21H21N3O2S2. The molecule has 1 aromatic carbocycles. The summed E-state index contributed by atoms with van der Waals surface area (Å²) in [5.74, 6) is 0.277. The van der Waals surface area contributed by atoms with Crippen molar-refractivity contribution in [2.75, 3.05) is 17.2 Å². The molecule has 2 N–H and O–H groups in total. The Labute approximate surface area is 173 Å². The lowest BCUT2D eigenvalue weighted by atomic mass is 10.1. The van der Waals surface area contributed by atoms with E-state index in [4.69, 9.17) is 17.0 Å². The predicted octanol–water partition coefficient (Wildman–Crippen LogP) is 5.03. The molecule has 5 nitrogen and oxygen atoms in total. The normalized spacial score (nSPS) is 10.4. The maximum atomic E-state index is 12.4. The summed E-state index contributed by atoms with van der Waals surface area (Å²) in [6, 6.07) is 15.8. The number of hydrogen-bond acceptors (Lipinski definition) is 5. The van der Waals surface area contributed by atoms with Gasteiger partial charge in [-0.05, 0) is 49.3 Å². The Morgan fingerprint density at radius 1 is 1.18 bits per heavy atom. The third kappa shape index (κ3) is 5.37. The smallest absolute Gasteiger partial charge is 0.341 e. The number of thiocarbonyl (C=S) groups is 1. The monoisotopic (exact) mass is 411 g/mol. The van der Waals surface area contributed by atoms with Crippen LogP contribution < -0.4 is 10.6 Å². The average Bonchev–Trinajstić information content (AvgIpc) is 3.06. The van der Waals surface area contributed by atoms with Crippen molar-refractivity contribution in [3.05, 3.63) is 76.3 Å². The van der Waals surface area contributed by atoms with E-state index >= 15 is 0 Å². The first kappa shape index (κ1) is 20.0. The molecule has 2 aromatic heterocycles. The summed E-state index contributed by atoms with van der Waals surface area (Å²) >= 11 is 6.88. The fourth-order valence-electron chi connectivity index (χ4n) is 2.57. The van der Waals surface area contributed by atoms with E-state index in [-0.39, 0.29) is 5.97 Å². The molecule has 0 spiro atoms. The molecule has 3 rings (SSSR count). The Morgan fingerprint density at radius 2 is 1.96 bits per heavy atom. The Kier molecular flexibility index (Phi) is 6.73. The SMILES string of the molecule is CCOC(=O)c1cc(Cc2ccccc2)sc1NC(=S)Nc1ccc(C)cn1. The Bertz CT molecular complexity index is 954. The standard InChI is InChI=1S/C21H21N3O2S2/c1-3-26-20(25)17-12-16(11-15-7-5-4-6-8-15)28-19(17)24-21(27)23-18-10-9-14(2)13-22-18/h4-10,12-13H,3,11H2,1-2H3,(H2,22,23,24,27). The minimum absolute atomic E-state index is 0.318. The fraction of sp³-hybridized carbons (Fsp3) is 0.190. The van der Waals surface area contributed by atoms with Crippen LogP contribution in [0, 0.1) is 6.92 Å². The van der Waals surface area contributed by atoms with Gasteiger partial charge < -0.3 is 15.4 Å². The first-order valence-electron chi connectivity index (χ1n) is 8.89. The quantitative estimate of drug-likeness (QED) is 0.438. The van der Waals surface area contributed by atoms with Gasteiger partial charge in [-0.1, -0.05) is 36.4 Å². The second kappa shape index (κ2) is 9.43. The van der Waals surface area contributed by atoms with Crippen LogP contribution >= 0.6 is 23.6 Å². The number of benzene rings is 1. The molecule has 0 aliphatic rings. The number of carbonyl (C=O) groups is 1. The molecule has 0 radical (unpaired) electrons. The third-order valence-electron chi connectivity index (χ3n) is 3.88. The maximum Gasteiger partial charge on any atom is 0.341 e. The summed E-state index contributed by atoms with van der Waals surface area (Å²) in [7, 11) is 0. The summed E-state index contributed by atoms with van der Waals surface area (Å²) < 4.78 is 5.20. The van der Waals surface area contributed by atoms with Crippen LogP contribution in [-0.2, 0) is 11.2 Å². The van der Waals surface area contributed by atoms with Crippen molar-refractivity contribution in [3.63, 3.8) is 0 Å². The van der Waals surface area contributed by atoms with Gasteiger partial charge in [-0.3, -0.25) is 0 Å². The molecule has 0 fully saturated rings. The van der Waals surface area contributed by atoms with Crippen LogP contribution in [0.25, 0.3) is 0 Å². The topological polar surface area (TPSA) is 63.2 Å². The Balaban J connectivity index is 1.78. The summed E-state index contributed by atoms with van der Waals surface area (Å²) in [5, 5.41) is 7.19. The van der Waals surface area contributed by atoms with Crippen LogP contribution in [0.15, 0.2) is 54.7 Å². The number of hydrogen-bond donors (Lipinski definition) is 2. The van der Waals surface area contributed by atoms with Gasteiger partial charge in [0.2, 0.25) is 0 Å². The van der Waals surface area contributed by atoms with Gasteiger partial charge in [0.1, 0.15) is 10.8 Å². The van der Waals surface area contributed by atoms with Crippen LogP contribution in [0.1, 0.15) is 33.3 Å². The van der Waals surface area contributed by atoms with Crippen molar-refractivity contribution in [2.24, 2.45) is 0 Å². The van der Waals surface area contributed by atoms with Crippen LogP contribution in [0.4, 0.5) is 10.8 Å². The van der Waals surface area contributed by atoms with Crippen LogP contribution in [-0.4, -0.2) is 22.7 Å². The van der Waals surface area contributed by atoms with Gasteiger partial charge in [-0.2, -0.15) is 0 Å². The molecule has 0 unspecified atom stereocenters. The number of thiophene rings is 1. The number of nitrogens with one attached hydrogen (secondary N) is 2. The number of carbonyl (C=O) groups excluding carboxylic acids is 1. The van der Waals surface area contributed by atoms with E-state index in [9.17, 15) is 4.79 Å². The van der Waals surface area contributed by atoms with Gasteiger partial charge in [0.25, 0.3) is 0 Å². The van der Waals surface area contributed by atoms with E-state index in [1.807, 2.05) is 43.3 Å². The zero-order valence-corrected chi connectivity index (χ0v) is 17.3. The second-order valence-corrected chi connectivity index (χ2v) is 7.68. The van der Waals surface area contributed by atoms with Crippen molar-refractivity contribution in [3.8, 4) is 0 Å². The number of ether oxygens (including phenoxy) is 1. The number of pyridine rings is 1. The molecule has 3 aromatic rings. The molecule has 0 aliphatic carbocycles. The van der Waals surface area contributed by atoms with E-state index in [0.717, 1.165) is 16.9 Å². The molecule has 0 aliphatic heterocycles. The minimum atomic E-state index is -0.364. The van der Waals surface area contributed by atoms with Crippen molar-refractivity contribution >= 4 is 45.5 Å². The predicted molar refractivity (Wildman–Crippen MR) is 118 cm³/mol. The van der Waals surface area contributed by atoms with Crippen molar-refractivity contribution in [2.45, 2.75) is 20.3 Å². The maximum absolute atomic E-state index is 12.4. The molecule has 0 atom stereocenters. The molecule has 0 saturated heterocycles. The molecule has 0 amide bonds. The van der Waals surface area contributed by atoms with Gasteiger partial charge in [0.15, 0.2) is 5.11 Å². The highest BCUT2D eigenvalue weighted by Gasteiger charge is 2.18. The first-order valence-corrected chi connectivity index (χ1v) is 10.1. The summed E-state index contributed by atoms with van der Waals surface area (Å²) in [4.78, 5) is 17.7. The molecule has 144 valence electrons. The summed E-state index contributed by atoms with van der Waals surface area (Å²) in [5.41, 5.74) is 2.73. The van der Waals surface area contributed by atoms with Crippen molar-refractivity contribution in [1.29, 1.82) is 0 Å². The van der Waals surface area contributed by atoms with Gasteiger partial charge in [0, 0.05) is 17.5 Å². The number of nitrogens with zero attached hydrogens (tertiary/aromatic N) is 1. The third-order valence-corrected chi connectivity index (χ3v) is 5.13. The molecule has 2 heterocycles. The van der Waals surface area contributed by atoms with Gasteiger partial charge in [-0.25, -0.2) is 9.78 Å². The van der Waals surface area contributed by atoms with E-state index < -0.39 is 0 Å². The minimum Gasteiger partial charge on any atom is -0.462 e. The number of esters is 1. The van der Waals surface area contributed by atoms with Crippen LogP contribution in [0.3, 0.4) is 0 Å². The lowest BCUT2D eigenvalue weighted by molar-refractivity contribution is 0.0528. The second-order valence-electron chi connectivity index (χ2n) is 6.14. The van der Waals surface area contributed by atoms with Gasteiger partial charge >= 0.3 is 5.97 Å². The van der Waals surface area contributed by atoms with Crippen molar-refractivity contribution in [1.82, 2.24) is 4.98 Å². The van der Waals surface area contributed by atoms with Crippen LogP contribution in [0.5, 0.6) is 0 Å². The molecule has 28 heavy (non-hydrogen) atoms. The Hall–Kier alpha value is -2.77. The van der Waals surface area contributed by atoms with Gasteiger partial charge in [0.05, 0.1) is 12.2 Å². The molecule has 7 heteroatoms. The molecular weight excluding hydrogens is 390 g/mol. The Morgan fingerprint density at radius 3 is 2.64 bits per heavy atom. The number of aromatic nitrogens is 1. The fourth-order valence-corrected chi connectivity index (χ4v) is 3.93. The number of rotatable bonds is 6. The average molecular weight is 412 g/mol. The molecule has 0 bridgehead atoms. The lowest BCUT2D eigenvalue weighted by Crippen LogP contribution is -2.20. The van der Waals surface area contributed by atoms with E-state index in [2.05, 4.69) is 27.8 Å². The number of anilines is 2. The number of aryl methyl sites for hydroxylation is 1. The van der Waals surface area contributed by atoms with E-state index in [1.165, 1.54) is 16.9 Å². The highest BCUT2D eigenvalue weighted by atomic mass is 32.1. The zero-order chi connectivity index (χ0) is 19.9.